The van der Waals surface area contributed by atoms with E-state index in [0.717, 1.165) is 6.26 Å². The van der Waals surface area contributed by atoms with E-state index in [4.69, 9.17) is 16.7 Å². The first-order valence-corrected chi connectivity index (χ1v) is 8.67. The van der Waals surface area contributed by atoms with Gasteiger partial charge >= 0.3 is 5.97 Å². The SMILES string of the molecule is CS(=O)(=O)c1ccc(C(=O)O)c(Cl)c1N1CCC(O)CC1. The van der Waals surface area contributed by atoms with E-state index in [-0.39, 0.29) is 21.2 Å². The Labute approximate surface area is 127 Å². The molecule has 21 heavy (non-hydrogen) atoms. The average molecular weight is 334 g/mol. The van der Waals surface area contributed by atoms with Gasteiger partial charge in [0.1, 0.15) is 0 Å². The topological polar surface area (TPSA) is 94.9 Å². The van der Waals surface area contributed by atoms with Crippen LogP contribution in [0.2, 0.25) is 5.02 Å². The number of aromatic carboxylic acids is 1. The maximum Gasteiger partial charge on any atom is 0.337 e. The number of benzene rings is 1. The lowest BCUT2D eigenvalue weighted by Crippen LogP contribution is -2.37. The van der Waals surface area contributed by atoms with Crippen LogP contribution < -0.4 is 4.90 Å². The van der Waals surface area contributed by atoms with Crippen LogP contribution in [-0.4, -0.2) is 50.0 Å². The van der Waals surface area contributed by atoms with E-state index in [1.165, 1.54) is 12.1 Å². The minimum atomic E-state index is -3.54. The average Bonchev–Trinajstić information content (AvgIpc) is 2.38. The summed E-state index contributed by atoms with van der Waals surface area (Å²) in [6.45, 7) is 0.846. The van der Waals surface area contributed by atoms with Gasteiger partial charge in [0, 0.05) is 19.3 Å². The molecule has 1 heterocycles. The first-order chi connectivity index (χ1) is 9.71. The number of hydrogen-bond donors (Lipinski definition) is 2. The van der Waals surface area contributed by atoms with Crippen molar-refractivity contribution in [2.24, 2.45) is 0 Å². The molecule has 0 atom stereocenters. The standard InChI is InChI=1S/C13H16ClNO5S/c1-21(19,20)10-3-2-9(13(17)18)11(14)12(10)15-6-4-8(16)5-7-15/h2-3,8,16H,4-7H2,1H3,(H,17,18). The zero-order chi connectivity index (χ0) is 15.8. The van der Waals surface area contributed by atoms with Gasteiger partial charge in [-0.15, -0.1) is 0 Å². The van der Waals surface area contributed by atoms with Crippen molar-refractivity contribution in [3.05, 3.63) is 22.7 Å². The van der Waals surface area contributed by atoms with Crippen molar-refractivity contribution >= 4 is 33.1 Å². The summed E-state index contributed by atoms with van der Waals surface area (Å²) in [6.07, 6.45) is 1.60. The Morgan fingerprint density at radius 2 is 1.90 bits per heavy atom. The van der Waals surface area contributed by atoms with Gasteiger partial charge in [-0.1, -0.05) is 11.6 Å². The molecule has 0 radical (unpaired) electrons. The van der Waals surface area contributed by atoms with Gasteiger partial charge in [0.15, 0.2) is 9.84 Å². The highest BCUT2D eigenvalue weighted by molar-refractivity contribution is 7.90. The fourth-order valence-electron chi connectivity index (χ4n) is 2.40. The lowest BCUT2D eigenvalue weighted by molar-refractivity contribution is 0.0697. The van der Waals surface area contributed by atoms with E-state index in [1.807, 2.05) is 0 Å². The molecule has 0 saturated carbocycles. The molecule has 6 nitrogen and oxygen atoms in total. The van der Waals surface area contributed by atoms with E-state index in [2.05, 4.69) is 0 Å². The Hall–Kier alpha value is -1.31. The molecule has 2 N–H and O–H groups in total. The van der Waals surface area contributed by atoms with Crippen molar-refractivity contribution in [1.82, 2.24) is 0 Å². The van der Waals surface area contributed by atoms with Gasteiger partial charge in [0.05, 0.1) is 27.3 Å². The molecule has 0 aromatic heterocycles. The highest BCUT2D eigenvalue weighted by Crippen LogP contribution is 2.37. The van der Waals surface area contributed by atoms with Gasteiger partial charge in [-0.2, -0.15) is 0 Å². The number of carboxylic acids is 1. The predicted molar refractivity (Wildman–Crippen MR) is 79.0 cm³/mol. The molecule has 0 aliphatic carbocycles. The van der Waals surface area contributed by atoms with Gasteiger partial charge in [0.2, 0.25) is 0 Å². The zero-order valence-corrected chi connectivity index (χ0v) is 13.0. The summed E-state index contributed by atoms with van der Waals surface area (Å²) in [5.74, 6) is -1.21. The molecular formula is C13H16ClNO5S. The minimum absolute atomic E-state index is 0.00823. The van der Waals surface area contributed by atoms with Crippen LogP contribution in [0, 0.1) is 0 Å². The van der Waals surface area contributed by atoms with Gasteiger partial charge in [-0.3, -0.25) is 0 Å². The normalized spacial score (nSPS) is 17.0. The number of halogens is 1. The summed E-state index contributed by atoms with van der Waals surface area (Å²) in [5.41, 5.74) is 0.0798. The highest BCUT2D eigenvalue weighted by atomic mass is 35.5. The third-order valence-corrected chi connectivity index (χ3v) is 5.00. The lowest BCUT2D eigenvalue weighted by Gasteiger charge is -2.33. The molecule has 0 amide bonds. The molecule has 0 spiro atoms. The molecule has 116 valence electrons. The van der Waals surface area contributed by atoms with Crippen molar-refractivity contribution in [3.63, 3.8) is 0 Å². The zero-order valence-electron chi connectivity index (χ0n) is 11.4. The summed E-state index contributed by atoms with van der Waals surface area (Å²) in [7, 11) is -3.54. The number of sulfone groups is 1. The number of rotatable bonds is 3. The number of aliphatic hydroxyl groups excluding tert-OH is 1. The molecule has 1 fully saturated rings. The first kappa shape index (κ1) is 16.1. The van der Waals surface area contributed by atoms with Gasteiger partial charge < -0.3 is 15.1 Å². The fraction of sp³-hybridized carbons (Fsp3) is 0.462. The van der Waals surface area contributed by atoms with E-state index >= 15 is 0 Å². The van der Waals surface area contributed by atoms with Gasteiger partial charge in [-0.05, 0) is 25.0 Å². The Morgan fingerprint density at radius 1 is 1.33 bits per heavy atom. The predicted octanol–water partition coefficient (Wildman–Crippen LogP) is 1.40. The third-order valence-electron chi connectivity index (χ3n) is 3.49. The highest BCUT2D eigenvalue weighted by Gasteiger charge is 2.27. The van der Waals surface area contributed by atoms with Crippen molar-refractivity contribution in [2.75, 3.05) is 24.2 Å². The monoisotopic (exact) mass is 333 g/mol. The van der Waals surface area contributed by atoms with Crippen molar-refractivity contribution in [1.29, 1.82) is 0 Å². The molecule has 8 heteroatoms. The van der Waals surface area contributed by atoms with E-state index in [9.17, 15) is 18.3 Å². The molecular weight excluding hydrogens is 318 g/mol. The first-order valence-electron chi connectivity index (χ1n) is 6.40. The Kier molecular flexibility index (Phi) is 4.46. The lowest BCUT2D eigenvalue weighted by atomic mass is 10.1. The Bertz CT molecular complexity index is 665. The van der Waals surface area contributed by atoms with Crippen molar-refractivity contribution in [3.8, 4) is 0 Å². The van der Waals surface area contributed by atoms with Crippen LogP contribution in [0.25, 0.3) is 0 Å². The van der Waals surface area contributed by atoms with Crippen molar-refractivity contribution < 1.29 is 23.4 Å². The number of piperidine rings is 1. The van der Waals surface area contributed by atoms with E-state index in [0.29, 0.717) is 25.9 Å². The minimum Gasteiger partial charge on any atom is -0.478 e. The van der Waals surface area contributed by atoms with Crippen LogP contribution >= 0.6 is 11.6 Å². The molecule has 0 unspecified atom stereocenters. The van der Waals surface area contributed by atoms with Crippen LogP contribution in [0.1, 0.15) is 23.2 Å². The summed E-state index contributed by atoms with van der Waals surface area (Å²) in [5, 5.41) is 18.6. The number of hydrogen-bond acceptors (Lipinski definition) is 5. The van der Waals surface area contributed by atoms with Crippen LogP contribution in [0.5, 0.6) is 0 Å². The molecule has 1 aliphatic heterocycles. The summed E-state index contributed by atoms with van der Waals surface area (Å²) in [4.78, 5) is 12.9. The number of carbonyl (C=O) groups is 1. The Morgan fingerprint density at radius 3 is 2.38 bits per heavy atom. The fourth-order valence-corrected chi connectivity index (χ4v) is 3.71. The van der Waals surface area contributed by atoms with Crippen LogP contribution in [0.3, 0.4) is 0 Å². The summed E-state index contributed by atoms with van der Waals surface area (Å²) >= 11 is 6.14. The van der Waals surface area contributed by atoms with Crippen LogP contribution in [-0.2, 0) is 9.84 Å². The maximum atomic E-state index is 11.9. The smallest absolute Gasteiger partial charge is 0.337 e. The number of carboxylic acid groups (broad SMARTS) is 1. The third kappa shape index (κ3) is 3.30. The summed E-state index contributed by atoms with van der Waals surface area (Å²) < 4.78 is 23.8. The molecule has 1 saturated heterocycles. The van der Waals surface area contributed by atoms with E-state index < -0.39 is 21.9 Å². The van der Waals surface area contributed by atoms with Gasteiger partial charge in [-0.25, -0.2) is 13.2 Å². The quantitative estimate of drug-likeness (QED) is 0.868. The van der Waals surface area contributed by atoms with Crippen molar-refractivity contribution in [2.45, 2.75) is 23.8 Å². The Balaban J connectivity index is 2.59. The second kappa shape index (κ2) is 5.82. The number of aliphatic hydroxyl groups is 1. The van der Waals surface area contributed by atoms with E-state index in [1.54, 1.807) is 4.90 Å². The summed E-state index contributed by atoms with van der Waals surface area (Å²) in [6, 6.07) is 2.47. The molecule has 1 aromatic carbocycles. The maximum absolute atomic E-state index is 11.9. The second-order valence-electron chi connectivity index (χ2n) is 5.07. The molecule has 1 aromatic rings. The number of nitrogens with zero attached hydrogens (tertiary/aromatic N) is 1. The molecule has 0 bridgehead atoms. The van der Waals surface area contributed by atoms with Gasteiger partial charge in [0.25, 0.3) is 0 Å². The molecule has 2 rings (SSSR count). The largest absolute Gasteiger partial charge is 0.478 e. The second-order valence-corrected chi connectivity index (χ2v) is 7.43. The van der Waals surface area contributed by atoms with Crippen LogP contribution in [0.4, 0.5) is 5.69 Å². The van der Waals surface area contributed by atoms with Crippen LogP contribution in [0.15, 0.2) is 17.0 Å². The number of anilines is 1. The molecule has 1 aliphatic rings.